The summed E-state index contributed by atoms with van der Waals surface area (Å²) < 4.78 is 32.4. The fraction of sp³-hybridized carbons (Fsp3) is 0.333. The van der Waals surface area contributed by atoms with E-state index in [0.29, 0.717) is 61.2 Å². The second-order valence-corrected chi connectivity index (χ2v) is 12.2. The third-order valence-corrected chi connectivity index (χ3v) is 10.0. The van der Waals surface area contributed by atoms with E-state index in [2.05, 4.69) is 15.5 Å². The van der Waals surface area contributed by atoms with Gasteiger partial charge in [-0.05, 0) is 62.2 Å². The van der Waals surface area contributed by atoms with Gasteiger partial charge < -0.3 is 20.3 Å². The molecule has 1 aromatic heterocycles. The molecule has 0 spiro atoms. The van der Waals surface area contributed by atoms with E-state index in [9.17, 15) is 18.5 Å². The third kappa shape index (κ3) is 5.03. The molecule has 1 saturated carbocycles. The summed E-state index contributed by atoms with van der Waals surface area (Å²) in [4.78, 5) is 23.3. The van der Waals surface area contributed by atoms with E-state index in [1.165, 1.54) is 25.2 Å². The van der Waals surface area contributed by atoms with Crippen LogP contribution in [0.3, 0.4) is 0 Å². The van der Waals surface area contributed by atoms with Gasteiger partial charge in [0.05, 0.1) is 46.5 Å². The third-order valence-electron chi connectivity index (χ3n) is 7.04. The van der Waals surface area contributed by atoms with Crippen molar-refractivity contribution < 1.29 is 17.9 Å². The van der Waals surface area contributed by atoms with E-state index in [1.54, 1.807) is 30.3 Å². The highest BCUT2D eigenvalue weighted by Gasteiger charge is 2.58. The van der Waals surface area contributed by atoms with Gasteiger partial charge in [0.15, 0.2) is 15.7 Å². The zero-order valence-corrected chi connectivity index (χ0v) is 23.0. The van der Waals surface area contributed by atoms with E-state index in [-0.39, 0.29) is 27.6 Å². The number of ether oxygens (including phenoxy) is 1. The standard InChI is InChI=1S/C27H27ClN6O4S/c1-17-16-38-12-11-34(17)24-14-23(32-25(33-24)19-4-6-20(7-5-19)31-26(35)30-2)27(9-10-27)39(36,37)22-8-3-18(15-29)13-21(22)28/h3-8,13-14,17H,9-12,16H2,1-2H3,(H2,30,31,35)/t17-/m0/s1. The van der Waals surface area contributed by atoms with Gasteiger partial charge in [-0.15, -0.1) is 0 Å². The van der Waals surface area contributed by atoms with E-state index in [0.717, 1.165) is 0 Å². The van der Waals surface area contributed by atoms with Gasteiger partial charge in [0.2, 0.25) is 0 Å². The molecule has 1 aliphatic carbocycles. The Kier molecular flexibility index (Phi) is 7.20. The molecule has 2 heterocycles. The van der Waals surface area contributed by atoms with Gasteiger partial charge in [-0.25, -0.2) is 23.2 Å². The maximum Gasteiger partial charge on any atom is 0.318 e. The molecule has 1 aliphatic heterocycles. The first-order valence-electron chi connectivity index (χ1n) is 12.5. The minimum atomic E-state index is -3.95. The van der Waals surface area contributed by atoms with Crippen LogP contribution in [0.2, 0.25) is 5.02 Å². The molecular weight excluding hydrogens is 540 g/mol. The molecule has 2 aromatic carbocycles. The molecule has 1 atom stereocenters. The lowest BCUT2D eigenvalue weighted by atomic mass is 10.1. The van der Waals surface area contributed by atoms with Crippen molar-refractivity contribution in [3.8, 4) is 17.5 Å². The second kappa shape index (κ2) is 10.4. The van der Waals surface area contributed by atoms with Gasteiger partial charge >= 0.3 is 6.03 Å². The normalized spacial score (nSPS) is 18.2. The Morgan fingerprint density at radius 1 is 1.18 bits per heavy atom. The summed E-state index contributed by atoms with van der Waals surface area (Å²) in [5.74, 6) is 0.992. The Balaban J connectivity index is 1.60. The molecule has 0 bridgehead atoms. The van der Waals surface area contributed by atoms with Crippen LogP contribution in [-0.2, 0) is 19.3 Å². The van der Waals surface area contributed by atoms with E-state index in [4.69, 9.17) is 26.3 Å². The highest BCUT2D eigenvalue weighted by Crippen LogP contribution is 2.56. The quantitative estimate of drug-likeness (QED) is 0.455. The molecule has 12 heteroatoms. The number of nitrogens with zero attached hydrogens (tertiary/aromatic N) is 4. The van der Waals surface area contributed by atoms with Crippen molar-refractivity contribution in [2.75, 3.05) is 37.0 Å². The van der Waals surface area contributed by atoms with Crippen molar-refractivity contribution in [3.05, 3.63) is 64.8 Å². The van der Waals surface area contributed by atoms with Gasteiger partial charge in [-0.2, -0.15) is 5.26 Å². The molecule has 1 saturated heterocycles. The fourth-order valence-corrected chi connectivity index (χ4v) is 7.17. The van der Waals surface area contributed by atoms with Crippen LogP contribution >= 0.6 is 11.6 Å². The fourth-order valence-electron chi connectivity index (χ4n) is 4.68. The number of carbonyl (C=O) groups excluding carboxylic acids is 1. The number of sulfone groups is 1. The first-order chi connectivity index (χ1) is 18.7. The Bertz CT molecular complexity index is 1570. The predicted octanol–water partition coefficient (Wildman–Crippen LogP) is 4.11. The zero-order chi connectivity index (χ0) is 27.8. The molecule has 2 amide bonds. The molecule has 2 fully saturated rings. The molecule has 202 valence electrons. The van der Waals surface area contributed by atoms with Crippen LogP contribution in [0.5, 0.6) is 0 Å². The topological polar surface area (TPSA) is 137 Å². The number of hydrogen-bond acceptors (Lipinski definition) is 8. The van der Waals surface area contributed by atoms with Gasteiger partial charge in [0.1, 0.15) is 10.6 Å². The highest BCUT2D eigenvalue weighted by molar-refractivity contribution is 7.92. The number of rotatable bonds is 6. The molecular formula is C27H27ClN6O4S. The number of aromatic nitrogens is 2. The number of carbonyl (C=O) groups is 1. The van der Waals surface area contributed by atoms with Crippen molar-refractivity contribution in [1.82, 2.24) is 15.3 Å². The lowest BCUT2D eigenvalue weighted by Crippen LogP contribution is -2.44. The Morgan fingerprint density at radius 2 is 1.92 bits per heavy atom. The number of benzene rings is 2. The van der Waals surface area contributed by atoms with Crippen molar-refractivity contribution >= 4 is 39.0 Å². The van der Waals surface area contributed by atoms with Gasteiger partial charge in [-0.3, -0.25) is 0 Å². The van der Waals surface area contributed by atoms with Crippen molar-refractivity contribution in [3.63, 3.8) is 0 Å². The smallest absolute Gasteiger partial charge is 0.318 e. The first kappa shape index (κ1) is 26.9. The number of amides is 2. The lowest BCUT2D eigenvalue weighted by Gasteiger charge is -2.34. The summed E-state index contributed by atoms with van der Waals surface area (Å²) in [7, 11) is -2.42. The van der Waals surface area contributed by atoms with Crippen molar-refractivity contribution in [2.24, 2.45) is 0 Å². The molecule has 5 rings (SSSR count). The zero-order valence-electron chi connectivity index (χ0n) is 21.4. The largest absolute Gasteiger partial charge is 0.377 e. The summed E-state index contributed by atoms with van der Waals surface area (Å²) in [5.41, 5.74) is 1.94. The summed E-state index contributed by atoms with van der Waals surface area (Å²) >= 11 is 6.35. The van der Waals surface area contributed by atoms with Gasteiger partial charge in [-0.1, -0.05) is 11.6 Å². The van der Waals surface area contributed by atoms with Crippen LogP contribution in [0.15, 0.2) is 53.4 Å². The average Bonchev–Trinajstić information content (AvgIpc) is 3.76. The minimum absolute atomic E-state index is 0.0100. The number of nitriles is 1. The number of halogens is 1. The van der Waals surface area contributed by atoms with Crippen LogP contribution in [0.25, 0.3) is 11.4 Å². The second-order valence-electron chi connectivity index (χ2n) is 9.59. The van der Waals surface area contributed by atoms with Crippen LogP contribution in [0.1, 0.15) is 31.0 Å². The molecule has 0 radical (unpaired) electrons. The number of urea groups is 1. The van der Waals surface area contributed by atoms with Crippen LogP contribution < -0.4 is 15.5 Å². The SMILES string of the molecule is CNC(=O)Nc1ccc(-c2nc(N3CCOC[C@@H]3C)cc(C3(S(=O)(=O)c4ccc(C#N)cc4Cl)CC3)n2)cc1. The summed E-state index contributed by atoms with van der Waals surface area (Å²) in [5, 5.41) is 14.4. The minimum Gasteiger partial charge on any atom is -0.377 e. The molecule has 0 unspecified atom stereocenters. The number of morpholine rings is 1. The average molecular weight is 567 g/mol. The molecule has 39 heavy (non-hydrogen) atoms. The van der Waals surface area contributed by atoms with Gasteiger partial charge in [0, 0.05) is 30.9 Å². The molecule has 2 N–H and O–H groups in total. The summed E-state index contributed by atoms with van der Waals surface area (Å²) in [6, 6.07) is 14.7. The maximum absolute atomic E-state index is 14.0. The number of hydrogen-bond donors (Lipinski definition) is 2. The monoisotopic (exact) mass is 566 g/mol. The first-order valence-corrected chi connectivity index (χ1v) is 14.3. The van der Waals surface area contributed by atoms with Crippen LogP contribution in [0.4, 0.5) is 16.3 Å². The summed E-state index contributed by atoms with van der Waals surface area (Å²) in [6.07, 6.45) is 0.768. The maximum atomic E-state index is 14.0. The van der Waals surface area contributed by atoms with Crippen molar-refractivity contribution in [2.45, 2.75) is 35.4 Å². The predicted molar refractivity (Wildman–Crippen MR) is 147 cm³/mol. The Morgan fingerprint density at radius 3 is 2.54 bits per heavy atom. The number of anilines is 2. The molecule has 10 nitrogen and oxygen atoms in total. The molecule has 3 aromatic rings. The molecule has 2 aliphatic rings. The highest BCUT2D eigenvalue weighted by atomic mass is 35.5. The lowest BCUT2D eigenvalue weighted by molar-refractivity contribution is 0.0985. The van der Waals surface area contributed by atoms with Crippen LogP contribution in [0, 0.1) is 11.3 Å². The number of nitrogens with one attached hydrogen (secondary N) is 2. The summed E-state index contributed by atoms with van der Waals surface area (Å²) in [6.45, 7) is 3.69. The van der Waals surface area contributed by atoms with E-state index < -0.39 is 14.6 Å². The Labute approximate surface area is 231 Å². The van der Waals surface area contributed by atoms with Crippen molar-refractivity contribution in [1.29, 1.82) is 5.26 Å². The van der Waals surface area contributed by atoms with Gasteiger partial charge in [0.25, 0.3) is 0 Å². The van der Waals surface area contributed by atoms with E-state index in [1.807, 2.05) is 13.0 Å². The van der Waals surface area contributed by atoms with E-state index >= 15 is 0 Å². The van der Waals surface area contributed by atoms with Crippen LogP contribution in [-0.4, -0.2) is 57.3 Å². The Hall–Kier alpha value is -3.72.